The van der Waals surface area contributed by atoms with Crippen LogP contribution in [0.15, 0.2) is 200 Å². The normalized spacial score (nSPS) is 14.2. The van der Waals surface area contributed by atoms with E-state index in [1.807, 2.05) is 91.1 Å². The van der Waals surface area contributed by atoms with Crippen LogP contribution in [0.2, 0.25) is 0 Å². The van der Waals surface area contributed by atoms with Crippen LogP contribution in [0.25, 0.3) is 83.4 Å². The van der Waals surface area contributed by atoms with Gasteiger partial charge in [0.2, 0.25) is 0 Å². The van der Waals surface area contributed by atoms with Crippen molar-refractivity contribution in [3.05, 3.63) is 224 Å². The fourth-order valence-electron chi connectivity index (χ4n) is 8.46. The van der Waals surface area contributed by atoms with Gasteiger partial charge in [0.25, 0.3) is 6.33 Å². The van der Waals surface area contributed by atoms with Gasteiger partial charge in [0.15, 0.2) is 0 Å². The molecule has 11 rings (SSSR count). The van der Waals surface area contributed by atoms with Crippen molar-refractivity contribution in [1.29, 1.82) is 0 Å². The van der Waals surface area contributed by atoms with Crippen molar-refractivity contribution in [3.63, 3.8) is 0 Å². The zero-order chi connectivity index (χ0) is 52.8. The number of aromatic nitrogens is 4. The number of nitrogens with zero attached hydrogens (tertiary/aromatic N) is 4. The molecule has 0 aliphatic carbocycles. The molecule has 324 valence electrons. The van der Waals surface area contributed by atoms with E-state index in [9.17, 15) is 0 Å². The van der Waals surface area contributed by atoms with Gasteiger partial charge in [0.1, 0.15) is 5.82 Å². The molecule has 5 nitrogen and oxygen atoms in total. The fraction of sp³-hybridized carbons (Fsp3) is 0.100. The fourth-order valence-corrected chi connectivity index (χ4v) is 8.46. The molecule has 0 bridgehead atoms. The number of imidazole rings is 1. The van der Waals surface area contributed by atoms with Crippen molar-refractivity contribution in [2.75, 3.05) is 0 Å². The average Bonchev–Trinajstić information content (AvgIpc) is 4.06. The van der Waals surface area contributed by atoms with Crippen LogP contribution in [0.5, 0.6) is 11.5 Å². The molecule has 8 aromatic carbocycles. The van der Waals surface area contributed by atoms with Crippen LogP contribution in [-0.4, -0.2) is 14.1 Å². The molecule has 1 atom stereocenters. The van der Waals surface area contributed by atoms with Crippen LogP contribution in [0.3, 0.4) is 0 Å². The Morgan fingerprint density at radius 1 is 0.621 bits per heavy atom. The third-order valence-corrected chi connectivity index (χ3v) is 12.1. The van der Waals surface area contributed by atoms with Gasteiger partial charge in [-0.05, 0) is 85.6 Å². The Hall–Kier alpha value is -7.33. The van der Waals surface area contributed by atoms with E-state index < -0.39 is 60.4 Å². The Kier molecular flexibility index (Phi) is 8.61. The third-order valence-electron chi connectivity index (χ3n) is 12.1. The first kappa shape index (κ1) is 32.3. The van der Waals surface area contributed by atoms with Crippen LogP contribution < -0.4 is 9.30 Å². The van der Waals surface area contributed by atoms with Gasteiger partial charge >= 0.3 is 0 Å². The zero-order valence-electron chi connectivity index (χ0n) is 46.4. The van der Waals surface area contributed by atoms with E-state index >= 15 is 0 Å². The maximum absolute atomic E-state index is 9.12. The van der Waals surface area contributed by atoms with Crippen molar-refractivity contribution >= 4 is 32.8 Å². The molecule has 0 amide bonds. The molecule has 0 saturated heterocycles. The van der Waals surface area contributed by atoms with Crippen molar-refractivity contribution < 1.29 is 44.1 Å². The summed E-state index contributed by atoms with van der Waals surface area (Å²) in [5, 5.41) is 2.02. The summed E-state index contributed by atoms with van der Waals surface area (Å²) in [6.45, 7) is 8.93. The molecule has 6 heteroatoms. The van der Waals surface area contributed by atoms with E-state index in [2.05, 4.69) is 75.0 Å². The molecular formula is C60H46N4OPt-2. The first-order chi connectivity index (χ1) is 35.9. The van der Waals surface area contributed by atoms with E-state index in [0.717, 1.165) is 38.8 Å². The summed E-state index contributed by atoms with van der Waals surface area (Å²) >= 11 is 0. The summed E-state index contributed by atoms with van der Waals surface area (Å²) in [5.41, 5.74) is 6.47. The first-order valence-corrected chi connectivity index (χ1v) is 21.4. The molecule has 0 radical (unpaired) electrons. The number of hydrogen-bond donors (Lipinski definition) is 0. The quantitative estimate of drug-likeness (QED) is 0.107. The molecular weight excluding hydrogens is 988 g/mol. The number of para-hydroxylation sites is 2. The predicted octanol–water partition coefficient (Wildman–Crippen LogP) is 14.7. The van der Waals surface area contributed by atoms with Gasteiger partial charge in [-0.3, -0.25) is 4.57 Å². The van der Waals surface area contributed by atoms with Crippen molar-refractivity contribution in [2.24, 2.45) is 5.41 Å². The van der Waals surface area contributed by atoms with E-state index in [0.29, 0.717) is 28.2 Å². The summed E-state index contributed by atoms with van der Waals surface area (Å²) in [5.74, 6) is 1.80. The standard InChI is InChI=1S/C60H46N4O.Pt/c1-41(60(2,3)4)45-34-35-61-58(37-45)64-54-29-15-14-26-52(54)53-32-31-49(39-56(53)64)65-48-25-16-24-47(38-48)62-40-63(55-33-30-46(36-57(55)62)42-18-8-5-9-19-42)59-50(43-20-10-6-11-21-43)27-17-28-51(59)44-22-12-7-13-23-44;/h5-37,41H,1-4H3;/q-2;/i6D,7D,10D,11D,12D,13D,20D,21D,22D,23D;. The maximum Gasteiger partial charge on any atom is 0.268 e. The van der Waals surface area contributed by atoms with Crippen LogP contribution in [0.4, 0.5) is 0 Å². The molecule has 0 aliphatic rings. The van der Waals surface area contributed by atoms with Gasteiger partial charge in [0.05, 0.1) is 30.4 Å². The third kappa shape index (κ3) is 7.84. The van der Waals surface area contributed by atoms with Gasteiger partial charge < -0.3 is 13.9 Å². The van der Waals surface area contributed by atoms with Gasteiger partial charge in [-0.25, -0.2) is 4.98 Å². The smallest absolute Gasteiger partial charge is 0.268 e. The molecule has 3 aromatic heterocycles. The minimum Gasteiger partial charge on any atom is -0.510 e. The van der Waals surface area contributed by atoms with Crippen molar-refractivity contribution in [2.45, 2.75) is 33.6 Å². The molecule has 0 spiro atoms. The molecule has 66 heavy (non-hydrogen) atoms. The molecule has 3 heterocycles. The van der Waals surface area contributed by atoms with Gasteiger partial charge in [0, 0.05) is 44.3 Å². The van der Waals surface area contributed by atoms with E-state index in [-0.39, 0.29) is 60.3 Å². The number of benzene rings is 8. The van der Waals surface area contributed by atoms with E-state index in [1.165, 1.54) is 5.56 Å². The SMILES string of the molecule is [2H]c1c([2H])c([2H])c(-c2cccc(-c3c([2H])c([2H])c([2H])c([2H])c3[2H])c2-[n+]2[c-]n(-c3[c-]c(Oc4[c-]c5c(cc4)c4ccccc4n5-c4cc(C(C)C(C)(C)C)ccn4)ccc3)c3cc(-c4ccccc4)ccc32)c([2H])c1[2H].[Pt]. The summed E-state index contributed by atoms with van der Waals surface area (Å²) in [7, 11) is 0. The average molecular weight is 1040 g/mol. The molecule has 1 unspecified atom stereocenters. The summed E-state index contributed by atoms with van der Waals surface area (Å²) in [4.78, 5) is 4.87. The largest absolute Gasteiger partial charge is 0.510 e. The maximum atomic E-state index is 9.12. The second kappa shape index (κ2) is 17.6. The summed E-state index contributed by atoms with van der Waals surface area (Å²) in [6.07, 6.45) is 5.33. The number of rotatable bonds is 9. The predicted molar refractivity (Wildman–Crippen MR) is 264 cm³/mol. The number of pyridine rings is 1. The second-order valence-electron chi connectivity index (χ2n) is 17.0. The molecule has 0 fully saturated rings. The monoisotopic (exact) mass is 1040 g/mol. The van der Waals surface area contributed by atoms with Crippen LogP contribution >= 0.6 is 0 Å². The van der Waals surface area contributed by atoms with Crippen molar-refractivity contribution in [3.8, 4) is 62.1 Å². The van der Waals surface area contributed by atoms with Gasteiger partial charge in [-0.1, -0.05) is 172 Å². The Bertz CT molecular complexity index is 3990. The second-order valence-corrected chi connectivity index (χ2v) is 17.0. The van der Waals surface area contributed by atoms with Crippen LogP contribution in [-0.2, 0) is 21.1 Å². The molecule has 0 aliphatic heterocycles. The molecule has 0 saturated carbocycles. The number of ether oxygens (including phenoxy) is 1. The summed E-state index contributed by atoms with van der Waals surface area (Å²) < 4.78 is 100. The van der Waals surface area contributed by atoms with E-state index in [4.69, 9.17) is 23.4 Å². The first-order valence-electron chi connectivity index (χ1n) is 26.4. The summed E-state index contributed by atoms with van der Waals surface area (Å²) in [6, 6.07) is 43.8. The Balaban J connectivity index is 0.00000657. The van der Waals surface area contributed by atoms with Crippen LogP contribution in [0.1, 0.15) is 52.9 Å². The minimum atomic E-state index is -0.577. The Morgan fingerprint density at radius 3 is 2.03 bits per heavy atom. The number of hydrogen-bond acceptors (Lipinski definition) is 2. The minimum absolute atomic E-state index is 0. The van der Waals surface area contributed by atoms with Crippen LogP contribution in [0, 0.1) is 23.9 Å². The van der Waals surface area contributed by atoms with Gasteiger partial charge in [-0.2, -0.15) is 18.2 Å². The van der Waals surface area contributed by atoms with E-state index in [1.54, 1.807) is 33.4 Å². The Morgan fingerprint density at radius 2 is 1.30 bits per heavy atom. The molecule has 0 N–H and O–H groups in total. The Labute approximate surface area is 414 Å². The molecule has 11 aromatic rings. The topological polar surface area (TPSA) is 35.9 Å². The number of fused-ring (bicyclic) bond motifs is 4. The zero-order valence-corrected chi connectivity index (χ0v) is 38.6. The van der Waals surface area contributed by atoms with Gasteiger partial charge in [-0.15, -0.1) is 29.7 Å². The van der Waals surface area contributed by atoms with Crippen molar-refractivity contribution in [1.82, 2.24) is 14.1 Å².